The highest BCUT2D eigenvalue weighted by Crippen LogP contribution is 2.20. The van der Waals surface area contributed by atoms with Crippen LogP contribution in [0.4, 0.5) is 0 Å². The second-order valence-corrected chi connectivity index (χ2v) is 6.32. The van der Waals surface area contributed by atoms with Crippen LogP contribution in [0.15, 0.2) is 29.2 Å². The van der Waals surface area contributed by atoms with Crippen LogP contribution in [-0.2, 0) is 4.74 Å². The fraction of sp³-hybridized carbons (Fsp3) is 0.533. The molecule has 0 radical (unpaired) electrons. The molecule has 0 saturated carbocycles. The van der Waals surface area contributed by atoms with Crippen molar-refractivity contribution in [3.8, 4) is 0 Å². The summed E-state index contributed by atoms with van der Waals surface area (Å²) >= 11 is 1.69. The molecule has 1 fully saturated rings. The molecule has 1 aromatic rings. The molecule has 1 aliphatic rings. The molecule has 104 valence electrons. The lowest BCUT2D eigenvalue weighted by atomic mass is 10.0. The standard InChI is InChI=1S/C15H21NO2S/c1-15(2)11-18-9-8-16(15)10-14(17)12-4-6-13(19-3)7-5-12/h4-7H,8-11H2,1-3H3. The molecule has 19 heavy (non-hydrogen) atoms. The molecule has 0 amide bonds. The van der Waals surface area contributed by atoms with Crippen molar-refractivity contribution in [1.29, 1.82) is 0 Å². The maximum Gasteiger partial charge on any atom is 0.176 e. The third kappa shape index (κ3) is 3.59. The maximum absolute atomic E-state index is 12.3. The van der Waals surface area contributed by atoms with Crippen molar-refractivity contribution >= 4 is 17.5 Å². The average molecular weight is 279 g/mol. The van der Waals surface area contributed by atoms with Crippen LogP contribution < -0.4 is 0 Å². The van der Waals surface area contributed by atoms with Crippen molar-refractivity contribution in [1.82, 2.24) is 4.90 Å². The zero-order valence-electron chi connectivity index (χ0n) is 11.8. The van der Waals surface area contributed by atoms with Gasteiger partial charge in [0.15, 0.2) is 5.78 Å². The van der Waals surface area contributed by atoms with E-state index in [4.69, 9.17) is 4.74 Å². The molecule has 1 aromatic carbocycles. The van der Waals surface area contributed by atoms with Gasteiger partial charge in [0.1, 0.15) is 0 Å². The highest BCUT2D eigenvalue weighted by molar-refractivity contribution is 7.98. The van der Waals surface area contributed by atoms with Crippen molar-refractivity contribution in [2.45, 2.75) is 24.3 Å². The van der Waals surface area contributed by atoms with Crippen LogP contribution in [-0.4, -0.2) is 48.8 Å². The van der Waals surface area contributed by atoms with Gasteiger partial charge in [0.05, 0.1) is 19.8 Å². The predicted molar refractivity (Wildman–Crippen MR) is 79.0 cm³/mol. The number of ether oxygens (including phenoxy) is 1. The Kier molecular flexibility index (Phi) is 4.66. The van der Waals surface area contributed by atoms with Gasteiger partial charge in [-0.15, -0.1) is 11.8 Å². The Bertz CT molecular complexity index is 442. The lowest BCUT2D eigenvalue weighted by Gasteiger charge is -2.41. The number of carbonyl (C=O) groups excluding carboxylic acids is 1. The topological polar surface area (TPSA) is 29.5 Å². The number of benzene rings is 1. The zero-order valence-corrected chi connectivity index (χ0v) is 12.6. The van der Waals surface area contributed by atoms with Crippen molar-refractivity contribution in [2.75, 3.05) is 32.6 Å². The first-order chi connectivity index (χ1) is 9.03. The molecule has 0 atom stereocenters. The number of nitrogens with zero attached hydrogens (tertiary/aromatic N) is 1. The molecule has 0 aromatic heterocycles. The molecule has 1 saturated heterocycles. The van der Waals surface area contributed by atoms with Crippen molar-refractivity contribution in [3.05, 3.63) is 29.8 Å². The van der Waals surface area contributed by atoms with Crippen LogP contribution in [0.25, 0.3) is 0 Å². The third-order valence-corrected chi connectivity index (χ3v) is 4.31. The summed E-state index contributed by atoms with van der Waals surface area (Å²) in [6, 6.07) is 7.84. The molecule has 1 aliphatic heterocycles. The zero-order chi connectivity index (χ0) is 13.9. The van der Waals surface area contributed by atoms with Gasteiger partial charge in [-0.05, 0) is 32.2 Å². The molecule has 0 spiro atoms. The molecule has 0 aliphatic carbocycles. The van der Waals surface area contributed by atoms with Crippen LogP contribution in [0.2, 0.25) is 0 Å². The van der Waals surface area contributed by atoms with Gasteiger partial charge in [-0.3, -0.25) is 9.69 Å². The smallest absolute Gasteiger partial charge is 0.176 e. The lowest BCUT2D eigenvalue weighted by molar-refractivity contribution is -0.0467. The third-order valence-electron chi connectivity index (χ3n) is 3.56. The van der Waals surface area contributed by atoms with Crippen LogP contribution in [0.1, 0.15) is 24.2 Å². The number of ketones is 1. The molecule has 1 heterocycles. The minimum absolute atomic E-state index is 0.0624. The SMILES string of the molecule is CSc1ccc(C(=O)CN2CCOCC2(C)C)cc1. The Morgan fingerprint density at radius 2 is 2.05 bits per heavy atom. The summed E-state index contributed by atoms with van der Waals surface area (Å²) in [4.78, 5) is 15.7. The first kappa shape index (κ1) is 14.6. The molecule has 0 N–H and O–H groups in total. The summed E-state index contributed by atoms with van der Waals surface area (Å²) in [5.41, 5.74) is 0.729. The van der Waals surface area contributed by atoms with Crippen LogP contribution >= 0.6 is 11.8 Å². The molecule has 3 nitrogen and oxygen atoms in total. The Balaban J connectivity index is 2.03. The second-order valence-electron chi connectivity index (χ2n) is 5.44. The quantitative estimate of drug-likeness (QED) is 0.626. The van der Waals surface area contributed by atoms with E-state index >= 15 is 0 Å². The van der Waals surface area contributed by atoms with Gasteiger partial charge in [-0.25, -0.2) is 0 Å². The lowest BCUT2D eigenvalue weighted by Crippen LogP contribution is -2.54. The fourth-order valence-electron chi connectivity index (χ4n) is 2.23. The van der Waals surface area contributed by atoms with Gasteiger partial charge >= 0.3 is 0 Å². The van der Waals surface area contributed by atoms with E-state index in [1.54, 1.807) is 11.8 Å². The largest absolute Gasteiger partial charge is 0.378 e. The molecule has 0 unspecified atom stereocenters. The summed E-state index contributed by atoms with van der Waals surface area (Å²) in [6.45, 7) is 6.93. The van der Waals surface area contributed by atoms with E-state index in [0.717, 1.165) is 12.1 Å². The Morgan fingerprint density at radius 1 is 1.37 bits per heavy atom. The summed E-state index contributed by atoms with van der Waals surface area (Å²) < 4.78 is 5.48. The molecular weight excluding hydrogens is 258 g/mol. The summed E-state index contributed by atoms with van der Waals surface area (Å²) in [6.07, 6.45) is 2.03. The average Bonchev–Trinajstić information content (AvgIpc) is 2.41. The minimum atomic E-state index is -0.0624. The van der Waals surface area contributed by atoms with Crippen molar-refractivity contribution < 1.29 is 9.53 Å². The fourth-order valence-corrected chi connectivity index (χ4v) is 2.63. The first-order valence-electron chi connectivity index (χ1n) is 6.53. The predicted octanol–water partition coefficient (Wildman–Crippen LogP) is 2.70. The van der Waals surface area contributed by atoms with E-state index in [1.807, 2.05) is 30.5 Å². The van der Waals surface area contributed by atoms with Crippen molar-refractivity contribution in [2.24, 2.45) is 0 Å². The van der Waals surface area contributed by atoms with Gasteiger partial charge in [-0.1, -0.05) is 12.1 Å². The number of hydrogen-bond acceptors (Lipinski definition) is 4. The summed E-state index contributed by atoms with van der Waals surface area (Å²) in [5.74, 6) is 0.183. The van der Waals surface area contributed by atoms with E-state index in [-0.39, 0.29) is 11.3 Å². The van der Waals surface area contributed by atoms with Crippen LogP contribution in [0, 0.1) is 0 Å². The number of rotatable bonds is 4. The highest BCUT2D eigenvalue weighted by atomic mass is 32.2. The van der Waals surface area contributed by atoms with E-state index in [2.05, 4.69) is 18.7 Å². The Morgan fingerprint density at radius 3 is 2.63 bits per heavy atom. The number of thioether (sulfide) groups is 1. The van der Waals surface area contributed by atoms with E-state index < -0.39 is 0 Å². The summed E-state index contributed by atoms with van der Waals surface area (Å²) in [7, 11) is 0. The van der Waals surface area contributed by atoms with Crippen LogP contribution in [0.5, 0.6) is 0 Å². The normalized spacial score (nSPS) is 19.3. The first-order valence-corrected chi connectivity index (χ1v) is 7.75. The van der Waals surface area contributed by atoms with Gasteiger partial charge in [-0.2, -0.15) is 0 Å². The summed E-state index contributed by atoms with van der Waals surface area (Å²) in [5, 5.41) is 0. The Hall–Kier alpha value is -0.840. The molecular formula is C15H21NO2S. The van der Waals surface area contributed by atoms with Gasteiger partial charge in [0.25, 0.3) is 0 Å². The van der Waals surface area contributed by atoms with Gasteiger partial charge < -0.3 is 4.74 Å². The number of carbonyl (C=O) groups is 1. The number of Topliss-reactive ketones (excluding diaryl/α,β-unsaturated/α-hetero) is 1. The molecule has 4 heteroatoms. The molecule has 0 bridgehead atoms. The number of hydrogen-bond donors (Lipinski definition) is 0. The van der Waals surface area contributed by atoms with Gasteiger partial charge in [0, 0.05) is 22.5 Å². The second kappa shape index (κ2) is 6.07. The number of morpholine rings is 1. The Labute approximate surface area is 119 Å². The highest BCUT2D eigenvalue weighted by Gasteiger charge is 2.31. The van der Waals surface area contributed by atoms with Crippen molar-refractivity contribution in [3.63, 3.8) is 0 Å². The monoisotopic (exact) mass is 279 g/mol. The maximum atomic E-state index is 12.3. The van der Waals surface area contributed by atoms with E-state index in [0.29, 0.717) is 19.8 Å². The minimum Gasteiger partial charge on any atom is -0.378 e. The van der Waals surface area contributed by atoms with E-state index in [9.17, 15) is 4.79 Å². The van der Waals surface area contributed by atoms with E-state index in [1.165, 1.54) is 4.90 Å². The molecule has 2 rings (SSSR count). The van der Waals surface area contributed by atoms with Gasteiger partial charge in [0.2, 0.25) is 0 Å². The van der Waals surface area contributed by atoms with Crippen LogP contribution in [0.3, 0.4) is 0 Å².